The van der Waals surface area contributed by atoms with E-state index in [-0.39, 0.29) is 9.50 Å². The molecule has 0 bridgehead atoms. The zero-order valence-corrected chi connectivity index (χ0v) is 5.95. The molecule has 50 valence electrons. The molecule has 0 spiro atoms. The molecule has 5 nitrogen and oxygen atoms in total. The lowest BCUT2D eigenvalue weighted by Crippen LogP contribution is -1.69. The maximum Gasteiger partial charge on any atom is 0.323 e. The van der Waals surface area contributed by atoms with Gasteiger partial charge in [-0.2, -0.15) is 8.42 Å². The highest BCUT2D eigenvalue weighted by atomic mass is 33.0. The molecule has 0 aliphatic heterocycles. The highest BCUT2D eigenvalue weighted by molar-refractivity contribution is 8.39. The summed E-state index contributed by atoms with van der Waals surface area (Å²) in [7, 11) is -2.96. The third-order valence-corrected chi connectivity index (χ3v) is 4.34. The third-order valence-electron chi connectivity index (χ3n) is 0.161. The summed E-state index contributed by atoms with van der Waals surface area (Å²) in [6, 6.07) is 0. The Kier molecular flexibility index (Phi) is 2.89. The summed E-state index contributed by atoms with van der Waals surface area (Å²) in [6.07, 6.45) is 0. The van der Waals surface area contributed by atoms with Gasteiger partial charge in [-0.05, 0) is 0 Å². The third kappa shape index (κ3) is 6.35. The predicted octanol–water partition coefficient (Wildman–Crippen LogP) is -1.48. The fourth-order valence-electron chi connectivity index (χ4n) is 0.0816. The van der Waals surface area contributed by atoms with E-state index in [2.05, 4.69) is 0 Å². The van der Waals surface area contributed by atoms with E-state index in [0.29, 0.717) is 0 Å². The molecular weight excluding hydrogens is 175 g/mol. The normalized spacial score (nSPS) is 10.9. The van der Waals surface area contributed by atoms with Crippen LogP contribution < -0.4 is 0 Å². The first kappa shape index (κ1) is 8.35. The lowest BCUT2D eigenvalue weighted by Gasteiger charge is -1.89. The first-order valence-corrected chi connectivity index (χ1v) is 5.94. The van der Waals surface area contributed by atoms with Crippen LogP contribution >= 0.6 is 6.72 Å². The van der Waals surface area contributed by atoms with Crippen LogP contribution in [0, 0.1) is 0 Å². The molecule has 0 aromatic heterocycles. The van der Waals surface area contributed by atoms with Gasteiger partial charge < -0.3 is 14.7 Å². The highest BCUT2D eigenvalue weighted by Gasteiger charge is 1.97. The second kappa shape index (κ2) is 2.77. The van der Waals surface area contributed by atoms with Crippen LogP contribution in [0.3, 0.4) is 0 Å². The van der Waals surface area contributed by atoms with Crippen molar-refractivity contribution < 1.29 is 23.1 Å². The summed E-state index contributed by atoms with van der Waals surface area (Å²) < 4.78 is 19.1. The summed E-state index contributed by atoms with van der Waals surface area (Å²) >= 11 is 0. The Morgan fingerprint density at radius 3 is 1.62 bits per heavy atom. The summed E-state index contributed by atoms with van der Waals surface area (Å²) in [5, 5.41) is 0. The van der Waals surface area contributed by atoms with Crippen molar-refractivity contribution >= 4 is 25.5 Å². The Bertz CT molecular complexity index is 230. The first-order valence-electron chi connectivity index (χ1n) is 1.28. The molecular formula is H3O5PS2. The van der Waals surface area contributed by atoms with Crippen molar-refractivity contribution in [3.8, 4) is 0 Å². The van der Waals surface area contributed by atoms with Gasteiger partial charge in [0.15, 0.2) is 0 Å². The Morgan fingerprint density at radius 1 is 1.25 bits per heavy atom. The second-order valence-corrected chi connectivity index (χ2v) is 6.45. The van der Waals surface area contributed by atoms with Gasteiger partial charge in [0.2, 0.25) is 0 Å². The van der Waals surface area contributed by atoms with Crippen LogP contribution in [-0.2, 0) is 18.8 Å². The van der Waals surface area contributed by atoms with Crippen molar-refractivity contribution in [1.29, 1.82) is 0 Å². The maximum atomic E-state index is 9.53. The molecule has 8 heteroatoms. The molecule has 0 aromatic carbocycles. The van der Waals surface area contributed by atoms with E-state index in [0.717, 1.165) is 0 Å². The number of rotatable bonds is 0. The van der Waals surface area contributed by atoms with Gasteiger partial charge in [-0.3, -0.25) is 0 Å². The van der Waals surface area contributed by atoms with Crippen molar-refractivity contribution in [1.82, 2.24) is 0 Å². The molecule has 0 saturated carbocycles. The quantitative estimate of drug-likeness (QED) is 0.393. The maximum absolute atomic E-state index is 9.53. The zero-order valence-electron chi connectivity index (χ0n) is 3.42. The second-order valence-electron chi connectivity index (χ2n) is 0.792. The van der Waals surface area contributed by atoms with Crippen LogP contribution in [-0.4, -0.2) is 23.1 Å². The van der Waals surface area contributed by atoms with E-state index >= 15 is 0 Å². The van der Waals surface area contributed by atoms with Crippen LogP contribution in [0.25, 0.3) is 0 Å². The van der Waals surface area contributed by atoms with E-state index in [4.69, 9.17) is 14.7 Å². The lowest BCUT2D eigenvalue weighted by molar-refractivity contribution is 0.363. The minimum atomic E-state index is -4.17. The SMILES string of the molecule is O=S(=O)=S=P(O)(O)O. The summed E-state index contributed by atoms with van der Waals surface area (Å²) in [6.45, 7) is -4.17. The van der Waals surface area contributed by atoms with Crippen molar-refractivity contribution in [2.45, 2.75) is 0 Å². The Balaban J connectivity index is 5.31. The van der Waals surface area contributed by atoms with Crippen molar-refractivity contribution in [2.75, 3.05) is 0 Å². The lowest BCUT2D eigenvalue weighted by atomic mass is 15.8. The van der Waals surface area contributed by atoms with Gasteiger partial charge in [0.05, 0.1) is 9.50 Å². The smallest absolute Gasteiger partial charge is 0.323 e. The molecule has 0 aliphatic rings. The van der Waals surface area contributed by atoms with Gasteiger partial charge in [0, 0.05) is 0 Å². The van der Waals surface area contributed by atoms with Crippen molar-refractivity contribution in [3.05, 3.63) is 0 Å². The summed E-state index contributed by atoms with van der Waals surface area (Å²) in [5.41, 5.74) is 0. The molecule has 3 N–H and O–H groups in total. The fourth-order valence-corrected chi connectivity index (χ4v) is 2.20. The van der Waals surface area contributed by atoms with Crippen LogP contribution in [0.2, 0.25) is 0 Å². The van der Waals surface area contributed by atoms with Crippen LogP contribution in [0.4, 0.5) is 0 Å². The average molecular weight is 178 g/mol. The predicted molar refractivity (Wildman–Crippen MR) is 29.9 cm³/mol. The van der Waals surface area contributed by atoms with E-state index < -0.39 is 16.0 Å². The molecule has 0 unspecified atom stereocenters. The fraction of sp³-hybridized carbons (Fsp3) is 0. The molecule has 0 aliphatic carbocycles. The topological polar surface area (TPSA) is 94.8 Å². The van der Waals surface area contributed by atoms with Gasteiger partial charge in [0.1, 0.15) is 0 Å². The molecule has 0 aromatic rings. The number of hydrogen-bond acceptors (Lipinski definition) is 2. The largest absolute Gasteiger partial charge is 0.325 e. The molecule has 0 heterocycles. The van der Waals surface area contributed by atoms with E-state index in [1.165, 1.54) is 0 Å². The summed E-state index contributed by atoms with van der Waals surface area (Å²) in [5.74, 6) is 0. The molecule has 0 atom stereocenters. The van der Waals surface area contributed by atoms with Gasteiger partial charge in [0.25, 0.3) is 9.26 Å². The van der Waals surface area contributed by atoms with Crippen molar-refractivity contribution in [3.63, 3.8) is 0 Å². The minimum Gasteiger partial charge on any atom is -0.325 e. The van der Waals surface area contributed by atoms with Crippen LogP contribution in [0.1, 0.15) is 0 Å². The standard InChI is InChI=1S/H3O5PS2/c1-6(2,3)7-8(4)5/h1-3H. The molecule has 0 fully saturated rings. The average Bonchev–Trinajstić information content (AvgIpc) is 1.21. The molecule has 0 rings (SSSR count). The molecule has 0 radical (unpaired) electrons. The van der Waals surface area contributed by atoms with Crippen molar-refractivity contribution in [2.24, 2.45) is 0 Å². The summed E-state index contributed by atoms with van der Waals surface area (Å²) in [4.78, 5) is 23.9. The van der Waals surface area contributed by atoms with Crippen LogP contribution in [0.15, 0.2) is 0 Å². The van der Waals surface area contributed by atoms with Gasteiger partial charge >= 0.3 is 6.72 Å². The van der Waals surface area contributed by atoms with E-state index in [9.17, 15) is 8.42 Å². The van der Waals surface area contributed by atoms with Crippen LogP contribution in [0.5, 0.6) is 0 Å². The number of hydrogen-bond donors (Lipinski definition) is 3. The molecule has 0 amide bonds. The minimum absolute atomic E-state index is 0.294. The Morgan fingerprint density at radius 2 is 1.62 bits per heavy atom. The monoisotopic (exact) mass is 178 g/mol. The highest BCUT2D eigenvalue weighted by Crippen LogP contribution is 2.28. The van der Waals surface area contributed by atoms with E-state index in [1.54, 1.807) is 0 Å². The van der Waals surface area contributed by atoms with E-state index in [1.807, 2.05) is 0 Å². The Hall–Kier alpha value is 0.350. The Labute approximate surface area is 49.2 Å². The molecule has 0 saturated heterocycles. The molecule has 8 heavy (non-hydrogen) atoms. The zero-order chi connectivity index (χ0) is 6.78. The van der Waals surface area contributed by atoms with Gasteiger partial charge in [-0.1, -0.05) is 0 Å². The van der Waals surface area contributed by atoms with Gasteiger partial charge in [-0.15, -0.1) is 0 Å². The first-order chi connectivity index (χ1) is 3.42. The van der Waals surface area contributed by atoms with Gasteiger partial charge in [-0.25, -0.2) is 0 Å².